The first-order chi connectivity index (χ1) is 20.0. The van der Waals surface area contributed by atoms with Crippen molar-refractivity contribution in [2.24, 2.45) is 0 Å². The Morgan fingerprint density at radius 3 is 2.17 bits per heavy atom. The number of alkyl carbamates (subject to hydrolysis) is 1. The van der Waals surface area contributed by atoms with Crippen LogP contribution in [0.25, 0.3) is 10.9 Å². The maximum atomic E-state index is 11.1. The summed E-state index contributed by atoms with van der Waals surface area (Å²) >= 11 is 0. The van der Waals surface area contributed by atoms with Gasteiger partial charge in [-0.1, -0.05) is 66.7 Å². The van der Waals surface area contributed by atoms with E-state index in [0.29, 0.717) is 12.6 Å². The second-order valence-corrected chi connectivity index (χ2v) is 11.5. The van der Waals surface area contributed by atoms with E-state index in [0.717, 1.165) is 45.6 Å². The van der Waals surface area contributed by atoms with Gasteiger partial charge < -0.3 is 24.8 Å². The maximum absolute atomic E-state index is 11.1. The first-order valence-electron chi connectivity index (χ1n) is 14.7. The minimum atomic E-state index is -0.311. The number of nitrogens with one attached hydrogen (secondary N) is 2. The monoisotopic (exact) mass is 553 g/mol. The first kappa shape index (κ1) is 28.9. The van der Waals surface area contributed by atoms with Crippen LogP contribution in [0.2, 0.25) is 0 Å². The number of aromatic nitrogens is 1. The molecular formula is C34H43N5O2. The number of hydrogen-bond acceptors (Lipinski definition) is 5. The van der Waals surface area contributed by atoms with Crippen molar-refractivity contribution < 1.29 is 9.53 Å². The minimum Gasteiger partial charge on any atom is -0.447 e. The molecule has 2 aliphatic rings. The standard InChI is InChI=1S/C18H22N2.C16H21N3O2/c1-19-12-14-20(15-13-19)18(16-8-4-2-5-9-16)17-10-6-3-7-11-17;1-19(2)6-5-12-9-17-15-4-3-11(8-14(12)15)7-13-10-21-16(20)18-13/h2-11,18H,12-15H2,1H3;3-4,8-9,13,17H,5-7,10H2,1-2H3,(H,18,20)/t;13-/m.0/s1. The molecule has 1 aromatic heterocycles. The maximum Gasteiger partial charge on any atom is 0.407 e. The molecule has 3 aromatic carbocycles. The van der Waals surface area contributed by atoms with Crippen molar-refractivity contribution in [2.45, 2.75) is 24.9 Å². The van der Waals surface area contributed by atoms with Gasteiger partial charge in [-0.2, -0.15) is 0 Å². The molecule has 7 nitrogen and oxygen atoms in total. The Morgan fingerprint density at radius 1 is 0.927 bits per heavy atom. The lowest BCUT2D eigenvalue weighted by molar-refractivity contribution is 0.127. The summed E-state index contributed by atoms with van der Waals surface area (Å²) in [5, 5.41) is 4.10. The number of H-pyrrole nitrogens is 1. The van der Waals surface area contributed by atoms with E-state index < -0.39 is 0 Å². The summed E-state index contributed by atoms with van der Waals surface area (Å²) in [6, 6.07) is 28.6. The largest absolute Gasteiger partial charge is 0.447 e. The molecule has 4 aromatic rings. The van der Waals surface area contributed by atoms with Gasteiger partial charge in [0.15, 0.2) is 0 Å². The van der Waals surface area contributed by atoms with E-state index in [1.54, 1.807) is 0 Å². The van der Waals surface area contributed by atoms with E-state index in [-0.39, 0.29) is 12.1 Å². The van der Waals surface area contributed by atoms with E-state index in [1.807, 2.05) is 0 Å². The van der Waals surface area contributed by atoms with Gasteiger partial charge in [0.25, 0.3) is 0 Å². The molecule has 1 atom stereocenters. The Bertz CT molecular complexity index is 1340. The fourth-order valence-electron chi connectivity index (χ4n) is 5.69. The van der Waals surface area contributed by atoms with Crippen molar-refractivity contribution >= 4 is 17.0 Å². The second-order valence-electron chi connectivity index (χ2n) is 11.5. The molecule has 3 heterocycles. The van der Waals surface area contributed by atoms with Crippen LogP contribution in [-0.2, 0) is 17.6 Å². The first-order valence-corrected chi connectivity index (χ1v) is 14.7. The van der Waals surface area contributed by atoms with Crippen molar-refractivity contribution in [2.75, 3.05) is 60.5 Å². The third kappa shape index (κ3) is 7.76. The van der Waals surface area contributed by atoms with Crippen molar-refractivity contribution in [3.05, 3.63) is 107 Å². The van der Waals surface area contributed by atoms with Crippen molar-refractivity contribution in [1.82, 2.24) is 25.0 Å². The van der Waals surface area contributed by atoms with Crippen LogP contribution in [0.5, 0.6) is 0 Å². The highest BCUT2D eigenvalue weighted by molar-refractivity contribution is 5.84. The molecule has 216 valence electrons. The van der Waals surface area contributed by atoms with E-state index >= 15 is 0 Å². The van der Waals surface area contributed by atoms with Gasteiger partial charge >= 0.3 is 6.09 Å². The summed E-state index contributed by atoms with van der Waals surface area (Å²) in [4.78, 5) is 21.6. The number of likely N-dealkylation sites (N-methyl/N-ethyl adjacent to an activating group) is 2. The summed E-state index contributed by atoms with van der Waals surface area (Å²) in [5.74, 6) is 0. The average Bonchev–Trinajstić information content (AvgIpc) is 3.59. The summed E-state index contributed by atoms with van der Waals surface area (Å²) in [6.45, 7) is 6.05. The van der Waals surface area contributed by atoms with Crippen molar-refractivity contribution in [3.8, 4) is 0 Å². The van der Waals surface area contributed by atoms with Crippen LogP contribution >= 0.6 is 0 Å². The molecule has 0 aliphatic carbocycles. The van der Waals surface area contributed by atoms with Crippen molar-refractivity contribution in [3.63, 3.8) is 0 Å². The van der Waals surface area contributed by atoms with Gasteiger partial charge in [-0.05, 0) is 68.4 Å². The van der Waals surface area contributed by atoms with Gasteiger partial charge in [-0.15, -0.1) is 0 Å². The summed E-state index contributed by atoms with van der Waals surface area (Å²) in [5.41, 5.74) is 6.52. The summed E-state index contributed by atoms with van der Waals surface area (Å²) in [6.07, 6.45) is 3.62. The number of ether oxygens (including phenoxy) is 1. The van der Waals surface area contributed by atoms with Crippen LogP contribution in [-0.4, -0.2) is 92.3 Å². The Labute approximate surface area is 244 Å². The van der Waals surface area contributed by atoms with Gasteiger partial charge in [-0.3, -0.25) is 4.90 Å². The van der Waals surface area contributed by atoms with Gasteiger partial charge in [0.1, 0.15) is 6.61 Å². The Morgan fingerprint density at radius 2 is 1.59 bits per heavy atom. The molecule has 0 spiro atoms. The number of carbonyl (C=O) groups excluding carboxylic acids is 1. The molecule has 2 N–H and O–H groups in total. The SMILES string of the molecule is CN(C)CCc1c[nH]c2ccc(C[C@H]3COC(=O)N3)cc12.CN1CCN(C(c2ccccc2)c2ccccc2)CC1. The lowest BCUT2D eigenvalue weighted by Crippen LogP contribution is -2.46. The number of carbonyl (C=O) groups is 1. The highest BCUT2D eigenvalue weighted by Gasteiger charge is 2.25. The van der Waals surface area contributed by atoms with Crippen LogP contribution in [0.1, 0.15) is 28.3 Å². The number of rotatable bonds is 8. The normalized spacial score (nSPS) is 17.9. The van der Waals surface area contributed by atoms with Gasteiger partial charge in [0, 0.05) is 49.8 Å². The van der Waals surface area contributed by atoms with E-state index in [2.05, 4.69) is 131 Å². The summed E-state index contributed by atoms with van der Waals surface area (Å²) < 4.78 is 4.94. The molecule has 6 rings (SSSR count). The fraction of sp³-hybridized carbons (Fsp3) is 0.382. The second kappa shape index (κ2) is 13.8. The number of aromatic amines is 1. The van der Waals surface area contributed by atoms with Gasteiger partial charge in [-0.25, -0.2) is 4.79 Å². The molecule has 2 saturated heterocycles. The summed E-state index contributed by atoms with van der Waals surface area (Å²) in [7, 11) is 6.38. The number of hydrogen-bond donors (Lipinski definition) is 2. The molecule has 2 fully saturated rings. The zero-order valence-electron chi connectivity index (χ0n) is 24.6. The molecule has 0 unspecified atom stereocenters. The highest BCUT2D eigenvalue weighted by Crippen LogP contribution is 2.29. The molecule has 1 amide bonds. The Balaban J connectivity index is 0.000000165. The van der Waals surface area contributed by atoms with E-state index in [4.69, 9.17) is 4.74 Å². The number of fused-ring (bicyclic) bond motifs is 1. The number of nitrogens with zero attached hydrogens (tertiary/aromatic N) is 3. The molecule has 0 bridgehead atoms. The zero-order valence-corrected chi connectivity index (χ0v) is 24.6. The molecule has 7 heteroatoms. The van der Waals surface area contributed by atoms with Crippen LogP contribution in [0.3, 0.4) is 0 Å². The Hall–Kier alpha value is -3.65. The van der Waals surface area contributed by atoms with E-state index in [9.17, 15) is 4.79 Å². The van der Waals surface area contributed by atoms with Crippen molar-refractivity contribution in [1.29, 1.82) is 0 Å². The number of benzene rings is 3. The predicted octanol–water partition coefficient (Wildman–Crippen LogP) is 4.95. The number of amides is 1. The lowest BCUT2D eigenvalue weighted by atomic mass is 9.96. The van der Waals surface area contributed by atoms with E-state index in [1.165, 1.54) is 33.2 Å². The molecule has 2 aliphatic heterocycles. The third-order valence-electron chi connectivity index (χ3n) is 8.01. The lowest BCUT2D eigenvalue weighted by Gasteiger charge is -2.38. The minimum absolute atomic E-state index is 0.0825. The fourth-order valence-corrected chi connectivity index (χ4v) is 5.69. The van der Waals surface area contributed by atoms with Crippen LogP contribution in [0.4, 0.5) is 4.79 Å². The number of cyclic esters (lactones) is 1. The quantitative estimate of drug-likeness (QED) is 0.324. The van der Waals surface area contributed by atoms with Crippen LogP contribution < -0.4 is 5.32 Å². The smallest absolute Gasteiger partial charge is 0.407 e. The zero-order chi connectivity index (χ0) is 28.6. The topological polar surface area (TPSA) is 63.8 Å². The third-order valence-corrected chi connectivity index (χ3v) is 8.01. The Kier molecular flexibility index (Phi) is 9.72. The molecule has 0 radical (unpaired) electrons. The molecule has 0 saturated carbocycles. The molecular weight excluding hydrogens is 510 g/mol. The van der Waals surface area contributed by atoms with Gasteiger partial charge in [0.05, 0.1) is 12.1 Å². The average molecular weight is 554 g/mol. The predicted molar refractivity (Wildman–Crippen MR) is 166 cm³/mol. The highest BCUT2D eigenvalue weighted by atomic mass is 16.6. The van der Waals surface area contributed by atoms with Crippen LogP contribution in [0.15, 0.2) is 85.1 Å². The molecule has 41 heavy (non-hydrogen) atoms. The number of piperazine rings is 1. The van der Waals surface area contributed by atoms with Crippen LogP contribution in [0, 0.1) is 0 Å². The van der Waals surface area contributed by atoms with Gasteiger partial charge in [0.2, 0.25) is 0 Å².